The van der Waals surface area contributed by atoms with Crippen LogP contribution < -0.4 is 0 Å². The molecule has 0 heterocycles. The van der Waals surface area contributed by atoms with E-state index in [-0.39, 0.29) is 11.1 Å². The standard InChI is InChI=1S/C10H21O2P/c1-8(2)6-7-10(3,13-5)9(11)12-4/h8,13H,6-7H2,1-5H3. The second-order valence-electron chi connectivity index (χ2n) is 4.01. The normalized spacial score (nSPS) is 16.5. The molecule has 0 amide bonds. The molecule has 13 heavy (non-hydrogen) atoms. The molecule has 0 spiro atoms. The predicted octanol–water partition coefficient (Wildman–Crippen LogP) is 2.66. The van der Waals surface area contributed by atoms with Crippen LogP contribution in [0.5, 0.6) is 0 Å². The average molecular weight is 204 g/mol. The molecule has 0 N–H and O–H groups in total. The molecule has 0 aliphatic heterocycles. The molecule has 0 aromatic rings. The second-order valence-corrected chi connectivity index (χ2v) is 5.61. The van der Waals surface area contributed by atoms with Gasteiger partial charge in [0.1, 0.15) is 0 Å². The first-order valence-electron chi connectivity index (χ1n) is 4.73. The quantitative estimate of drug-likeness (QED) is 0.508. The third-order valence-corrected chi connectivity index (χ3v) is 3.97. The number of hydrogen-bond acceptors (Lipinski definition) is 2. The van der Waals surface area contributed by atoms with Crippen molar-refractivity contribution in [3.05, 3.63) is 0 Å². The van der Waals surface area contributed by atoms with E-state index in [1.165, 1.54) is 7.11 Å². The summed E-state index contributed by atoms with van der Waals surface area (Å²) >= 11 is 0. The van der Waals surface area contributed by atoms with Gasteiger partial charge in [-0.3, -0.25) is 4.79 Å². The van der Waals surface area contributed by atoms with E-state index >= 15 is 0 Å². The Bertz CT molecular complexity index is 168. The topological polar surface area (TPSA) is 26.3 Å². The van der Waals surface area contributed by atoms with Crippen LogP contribution in [0.1, 0.15) is 33.6 Å². The molecule has 0 rings (SSSR count). The van der Waals surface area contributed by atoms with Crippen LogP contribution in [0.25, 0.3) is 0 Å². The summed E-state index contributed by atoms with van der Waals surface area (Å²) < 4.78 is 4.81. The first-order chi connectivity index (χ1) is 5.96. The highest BCUT2D eigenvalue weighted by molar-refractivity contribution is 7.40. The molecule has 0 aromatic carbocycles. The van der Waals surface area contributed by atoms with Gasteiger partial charge in [0.25, 0.3) is 0 Å². The van der Waals surface area contributed by atoms with Crippen LogP contribution in [-0.4, -0.2) is 24.9 Å². The number of carbonyl (C=O) groups is 1. The second kappa shape index (κ2) is 5.59. The molecule has 3 heteroatoms. The van der Waals surface area contributed by atoms with Gasteiger partial charge < -0.3 is 4.74 Å². The molecular weight excluding hydrogens is 183 g/mol. The van der Waals surface area contributed by atoms with Gasteiger partial charge in [-0.05, 0) is 32.3 Å². The number of hydrogen-bond donors (Lipinski definition) is 0. The van der Waals surface area contributed by atoms with Gasteiger partial charge in [0, 0.05) is 0 Å². The summed E-state index contributed by atoms with van der Waals surface area (Å²) in [6.45, 7) is 8.42. The maximum Gasteiger partial charge on any atom is 0.315 e. The van der Waals surface area contributed by atoms with E-state index in [1.807, 2.05) is 6.92 Å². The van der Waals surface area contributed by atoms with E-state index in [0.29, 0.717) is 14.5 Å². The summed E-state index contributed by atoms with van der Waals surface area (Å²) in [4.78, 5) is 11.5. The minimum Gasteiger partial charge on any atom is -0.468 e. The van der Waals surface area contributed by atoms with Crippen molar-refractivity contribution in [2.45, 2.75) is 38.8 Å². The molecule has 0 bridgehead atoms. The molecule has 2 unspecified atom stereocenters. The van der Waals surface area contributed by atoms with Crippen LogP contribution in [0.4, 0.5) is 0 Å². The van der Waals surface area contributed by atoms with Crippen LogP contribution in [-0.2, 0) is 9.53 Å². The molecule has 0 aromatic heterocycles. The maximum atomic E-state index is 11.5. The fourth-order valence-corrected chi connectivity index (χ4v) is 1.83. The molecule has 0 fully saturated rings. The van der Waals surface area contributed by atoms with Gasteiger partial charge in [-0.2, -0.15) is 0 Å². The Morgan fingerprint density at radius 2 is 2.08 bits per heavy atom. The third-order valence-electron chi connectivity index (χ3n) is 2.41. The van der Waals surface area contributed by atoms with Gasteiger partial charge in [-0.15, -0.1) is 8.58 Å². The van der Waals surface area contributed by atoms with E-state index < -0.39 is 0 Å². The van der Waals surface area contributed by atoms with Crippen LogP contribution in [0.2, 0.25) is 0 Å². The summed E-state index contributed by atoms with van der Waals surface area (Å²) in [6, 6.07) is 0. The number of methoxy groups -OCH3 is 1. The van der Waals surface area contributed by atoms with Gasteiger partial charge in [0.2, 0.25) is 0 Å². The van der Waals surface area contributed by atoms with E-state index in [0.717, 1.165) is 12.8 Å². The smallest absolute Gasteiger partial charge is 0.315 e. The lowest BCUT2D eigenvalue weighted by atomic mass is 9.98. The molecule has 2 nitrogen and oxygen atoms in total. The highest BCUT2D eigenvalue weighted by Crippen LogP contribution is 2.35. The molecule has 0 saturated heterocycles. The lowest BCUT2D eigenvalue weighted by Crippen LogP contribution is -2.31. The van der Waals surface area contributed by atoms with Gasteiger partial charge in [-0.25, -0.2) is 0 Å². The number of rotatable bonds is 5. The van der Waals surface area contributed by atoms with E-state index in [2.05, 4.69) is 20.5 Å². The zero-order valence-corrected chi connectivity index (χ0v) is 10.3. The summed E-state index contributed by atoms with van der Waals surface area (Å²) in [6.07, 6.45) is 2.03. The van der Waals surface area contributed by atoms with E-state index in [9.17, 15) is 4.79 Å². The summed E-state index contributed by atoms with van der Waals surface area (Å²) in [5, 5.41) is -0.251. The molecule has 0 saturated carbocycles. The highest BCUT2D eigenvalue weighted by atomic mass is 31.1. The predicted molar refractivity (Wildman–Crippen MR) is 58.7 cm³/mol. The molecule has 0 aliphatic rings. The van der Waals surface area contributed by atoms with Crippen molar-refractivity contribution >= 4 is 14.6 Å². The van der Waals surface area contributed by atoms with Crippen LogP contribution in [0.15, 0.2) is 0 Å². The molecule has 0 radical (unpaired) electrons. The SMILES string of the molecule is COC(=O)C(C)(CCC(C)C)PC. The molecular formula is C10H21O2P. The fraction of sp³-hybridized carbons (Fsp3) is 0.900. The number of ether oxygens (including phenoxy) is 1. The summed E-state index contributed by atoms with van der Waals surface area (Å²) in [5.41, 5.74) is 0. The Hall–Kier alpha value is -0.100. The highest BCUT2D eigenvalue weighted by Gasteiger charge is 2.31. The Labute approximate surface area is 83.2 Å². The van der Waals surface area contributed by atoms with Gasteiger partial charge in [0.15, 0.2) is 0 Å². The van der Waals surface area contributed by atoms with Crippen molar-refractivity contribution in [2.24, 2.45) is 5.92 Å². The van der Waals surface area contributed by atoms with Crippen LogP contribution in [0, 0.1) is 5.92 Å². The minimum absolute atomic E-state index is 0.0611. The largest absolute Gasteiger partial charge is 0.468 e. The van der Waals surface area contributed by atoms with Crippen molar-refractivity contribution in [3.8, 4) is 0 Å². The molecule has 2 atom stereocenters. The first kappa shape index (κ1) is 12.9. The summed E-state index contributed by atoms with van der Waals surface area (Å²) in [7, 11) is 2.08. The summed E-state index contributed by atoms with van der Waals surface area (Å²) in [5.74, 6) is 0.592. The Morgan fingerprint density at radius 3 is 2.38 bits per heavy atom. The molecule has 0 aliphatic carbocycles. The van der Waals surface area contributed by atoms with Gasteiger partial charge in [0.05, 0.1) is 12.3 Å². The first-order valence-corrected chi connectivity index (χ1v) is 6.23. The van der Waals surface area contributed by atoms with E-state index in [1.54, 1.807) is 0 Å². The number of carbonyl (C=O) groups excluding carboxylic acids is 1. The van der Waals surface area contributed by atoms with Crippen molar-refractivity contribution in [2.75, 3.05) is 13.8 Å². The monoisotopic (exact) mass is 204 g/mol. The van der Waals surface area contributed by atoms with Crippen LogP contribution >= 0.6 is 8.58 Å². The lowest BCUT2D eigenvalue weighted by Gasteiger charge is -2.25. The zero-order chi connectivity index (χ0) is 10.5. The van der Waals surface area contributed by atoms with E-state index in [4.69, 9.17) is 4.74 Å². The van der Waals surface area contributed by atoms with Crippen molar-refractivity contribution in [1.82, 2.24) is 0 Å². The third kappa shape index (κ3) is 4.08. The van der Waals surface area contributed by atoms with Crippen molar-refractivity contribution in [3.63, 3.8) is 0 Å². The van der Waals surface area contributed by atoms with Crippen LogP contribution in [0.3, 0.4) is 0 Å². The number of esters is 1. The Balaban J connectivity index is 4.19. The average Bonchev–Trinajstić information content (AvgIpc) is 2.12. The Morgan fingerprint density at radius 1 is 1.54 bits per heavy atom. The molecule has 78 valence electrons. The maximum absolute atomic E-state index is 11.5. The van der Waals surface area contributed by atoms with Gasteiger partial charge >= 0.3 is 5.97 Å². The zero-order valence-electron chi connectivity index (χ0n) is 9.31. The van der Waals surface area contributed by atoms with Crippen molar-refractivity contribution in [1.29, 1.82) is 0 Å². The Kier molecular flexibility index (Phi) is 5.55. The van der Waals surface area contributed by atoms with Crippen molar-refractivity contribution < 1.29 is 9.53 Å². The minimum atomic E-state index is -0.251. The fourth-order valence-electron chi connectivity index (χ4n) is 1.13. The van der Waals surface area contributed by atoms with Gasteiger partial charge in [-0.1, -0.05) is 13.8 Å². The lowest BCUT2D eigenvalue weighted by molar-refractivity contribution is -0.143.